The summed E-state index contributed by atoms with van der Waals surface area (Å²) in [5, 5.41) is 0. The molecule has 6 heteroatoms. The molecule has 2 aliphatic heterocycles. The Balaban J connectivity index is 1.26. The van der Waals surface area contributed by atoms with Crippen molar-refractivity contribution in [3.05, 3.63) is 119 Å². The van der Waals surface area contributed by atoms with Crippen LogP contribution in [0.15, 0.2) is 107 Å². The summed E-state index contributed by atoms with van der Waals surface area (Å²) in [6.45, 7) is 1.16. The molecule has 2 aliphatic rings. The summed E-state index contributed by atoms with van der Waals surface area (Å²) >= 11 is 0. The number of fused-ring (bicyclic) bond motifs is 2. The maximum atomic E-state index is 13.1. The minimum absolute atomic E-state index is 0.0366. The highest BCUT2D eigenvalue weighted by atomic mass is 33.1. The first-order chi connectivity index (χ1) is 16.7. The topological polar surface area (TPSA) is 40.6 Å². The molecule has 0 saturated carbocycles. The fraction of sp³-hybridized carbons (Fsp3) is 0.0714. The molecule has 0 saturated heterocycles. The van der Waals surface area contributed by atoms with Crippen molar-refractivity contribution in [1.29, 1.82) is 0 Å². The summed E-state index contributed by atoms with van der Waals surface area (Å²) in [4.78, 5) is 31.8. The number of para-hydroxylation sites is 2. The molecular weight excluding hydrogens is 460 g/mol. The molecule has 4 aromatic rings. The molecule has 6 rings (SSSR count). The van der Waals surface area contributed by atoms with Gasteiger partial charge in [0.15, 0.2) is 0 Å². The fourth-order valence-corrected chi connectivity index (χ4v) is 6.85. The molecule has 0 fully saturated rings. The van der Waals surface area contributed by atoms with Crippen LogP contribution in [0.3, 0.4) is 0 Å². The molecule has 4 nitrogen and oxygen atoms in total. The van der Waals surface area contributed by atoms with Crippen LogP contribution in [-0.2, 0) is 13.1 Å². The van der Waals surface area contributed by atoms with Gasteiger partial charge >= 0.3 is 0 Å². The Bertz CT molecular complexity index is 1330. The lowest BCUT2D eigenvalue weighted by atomic mass is 10.1. The molecule has 0 unspecified atom stereocenters. The third-order valence-corrected chi connectivity index (χ3v) is 8.64. The number of anilines is 2. The van der Waals surface area contributed by atoms with Gasteiger partial charge in [-0.1, -0.05) is 82.3 Å². The van der Waals surface area contributed by atoms with E-state index in [2.05, 4.69) is 0 Å². The van der Waals surface area contributed by atoms with Crippen LogP contribution < -0.4 is 9.80 Å². The first kappa shape index (κ1) is 21.1. The summed E-state index contributed by atoms with van der Waals surface area (Å²) in [5.74, 6) is 0.0731. The number of nitrogens with zero attached hydrogens (tertiary/aromatic N) is 2. The Kier molecular flexibility index (Phi) is 5.40. The summed E-state index contributed by atoms with van der Waals surface area (Å²) in [6.07, 6.45) is 0. The van der Waals surface area contributed by atoms with Gasteiger partial charge in [-0.2, -0.15) is 0 Å². The van der Waals surface area contributed by atoms with Gasteiger partial charge < -0.3 is 9.80 Å². The lowest BCUT2D eigenvalue weighted by Crippen LogP contribution is -2.23. The van der Waals surface area contributed by atoms with Crippen LogP contribution >= 0.6 is 21.6 Å². The molecule has 2 heterocycles. The van der Waals surface area contributed by atoms with Crippen molar-refractivity contribution < 1.29 is 9.59 Å². The van der Waals surface area contributed by atoms with Gasteiger partial charge in [0.2, 0.25) is 0 Å². The standard InChI is InChI=1S/C28H20N2O2S2/c31-27-21-11-3-1-9-19(21)17-29(27)23-13-5-7-15-25(23)33-34-26-16-8-6-14-24(26)30-18-20-10-2-4-12-22(20)28(30)32/h1-16H,17-18H2. The van der Waals surface area contributed by atoms with Crippen LogP contribution in [0, 0.1) is 0 Å². The van der Waals surface area contributed by atoms with Gasteiger partial charge in [0, 0.05) is 20.9 Å². The van der Waals surface area contributed by atoms with E-state index in [-0.39, 0.29) is 11.8 Å². The van der Waals surface area contributed by atoms with Crippen LogP contribution in [0.1, 0.15) is 31.8 Å². The summed E-state index contributed by atoms with van der Waals surface area (Å²) in [5.41, 5.74) is 5.46. The van der Waals surface area contributed by atoms with E-state index in [0.717, 1.165) is 43.4 Å². The van der Waals surface area contributed by atoms with E-state index < -0.39 is 0 Å². The number of amides is 2. The van der Waals surface area contributed by atoms with Crippen molar-refractivity contribution in [3.63, 3.8) is 0 Å². The van der Waals surface area contributed by atoms with Crippen molar-refractivity contribution in [2.45, 2.75) is 22.9 Å². The number of carbonyl (C=O) groups excluding carboxylic acids is 2. The second kappa shape index (κ2) is 8.70. The summed E-state index contributed by atoms with van der Waals surface area (Å²) in [6, 6.07) is 31.6. The first-order valence-electron chi connectivity index (χ1n) is 11.0. The van der Waals surface area contributed by atoms with E-state index in [9.17, 15) is 9.59 Å². The third-order valence-electron chi connectivity index (χ3n) is 6.18. The van der Waals surface area contributed by atoms with Crippen LogP contribution in [0.4, 0.5) is 11.4 Å². The van der Waals surface area contributed by atoms with Crippen molar-refractivity contribution in [2.24, 2.45) is 0 Å². The molecule has 0 atom stereocenters. The SMILES string of the molecule is O=C1c2ccccc2CN1c1ccccc1SSc1ccccc1N1Cc2ccccc2C1=O. The van der Waals surface area contributed by atoms with Crippen molar-refractivity contribution in [1.82, 2.24) is 0 Å². The van der Waals surface area contributed by atoms with Gasteiger partial charge in [-0.05, 0) is 47.5 Å². The molecule has 0 aliphatic carbocycles. The van der Waals surface area contributed by atoms with Gasteiger partial charge in [-0.25, -0.2) is 0 Å². The maximum absolute atomic E-state index is 13.1. The normalized spacial score (nSPS) is 14.5. The Morgan fingerprint density at radius 2 is 0.882 bits per heavy atom. The molecule has 0 aromatic heterocycles. The quantitative estimate of drug-likeness (QED) is 0.294. The van der Waals surface area contributed by atoms with Crippen LogP contribution in [0.5, 0.6) is 0 Å². The van der Waals surface area contributed by atoms with Crippen LogP contribution in [0.25, 0.3) is 0 Å². The largest absolute Gasteiger partial charge is 0.303 e. The highest BCUT2D eigenvalue weighted by Crippen LogP contribution is 2.47. The second-order valence-corrected chi connectivity index (χ2v) is 10.4. The minimum Gasteiger partial charge on any atom is -0.303 e. The minimum atomic E-state index is 0.0366. The number of hydrogen-bond acceptors (Lipinski definition) is 4. The molecule has 34 heavy (non-hydrogen) atoms. The Morgan fingerprint density at radius 3 is 1.32 bits per heavy atom. The molecule has 4 aromatic carbocycles. The van der Waals surface area contributed by atoms with Crippen LogP contribution in [-0.4, -0.2) is 11.8 Å². The first-order valence-corrected chi connectivity index (χ1v) is 13.2. The highest BCUT2D eigenvalue weighted by molar-refractivity contribution is 8.76. The van der Waals surface area contributed by atoms with Gasteiger partial charge in [-0.15, -0.1) is 0 Å². The van der Waals surface area contributed by atoms with Gasteiger partial charge in [-0.3, -0.25) is 9.59 Å². The zero-order valence-corrected chi connectivity index (χ0v) is 19.8. The van der Waals surface area contributed by atoms with Gasteiger partial charge in [0.05, 0.1) is 24.5 Å². The molecule has 166 valence electrons. The third kappa shape index (κ3) is 3.59. The van der Waals surface area contributed by atoms with E-state index in [4.69, 9.17) is 0 Å². The zero-order valence-electron chi connectivity index (χ0n) is 18.2. The zero-order chi connectivity index (χ0) is 23.1. The molecule has 0 spiro atoms. The summed E-state index contributed by atoms with van der Waals surface area (Å²) in [7, 11) is 3.22. The predicted molar refractivity (Wildman–Crippen MR) is 139 cm³/mol. The second-order valence-electron chi connectivity index (χ2n) is 8.20. The number of benzene rings is 4. The van der Waals surface area contributed by atoms with Gasteiger partial charge in [0.25, 0.3) is 11.8 Å². The van der Waals surface area contributed by atoms with Crippen molar-refractivity contribution in [2.75, 3.05) is 9.80 Å². The average molecular weight is 481 g/mol. The monoisotopic (exact) mass is 480 g/mol. The molecule has 0 radical (unpaired) electrons. The van der Waals surface area contributed by atoms with E-state index in [1.54, 1.807) is 21.6 Å². The van der Waals surface area contributed by atoms with Crippen molar-refractivity contribution in [3.8, 4) is 0 Å². The average Bonchev–Trinajstić information content (AvgIpc) is 3.40. The lowest BCUT2D eigenvalue weighted by molar-refractivity contribution is 0.0988. The Labute approximate surface area is 206 Å². The molecular formula is C28H20N2O2S2. The predicted octanol–water partition coefficient (Wildman–Crippen LogP) is 6.81. The van der Waals surface area contributed by atoms with Crippen molar-refractivity contribution >= 4 is 44.8 Å². The van der Waals surface area contributed by atoms with E-state index in [1.165, 1.54) is 0 Å². The van der Waals surface area contributed by atoms with E-state index in [0.29, 0.717) is 13.1 Å². The number of rotatable bonds is 5. The Hall–Kier alpha value is -3.48. The smallest absolute Gasteiger partial charge is 0.258 e. The van der Waals surface area contributed by atoms with E-state index >= 15 is 0 Å². The number of carbonyl (C=O) groups is 2. The Morgan fingerprint density at radius 1 is 0.500 bits per heavy atom. The van der Waals surface area contributed by atoms with E-state index in [1.807, 2.05) is 107 Å². The van der Waals surface area contributed by atoms with Gasteiger partial charge in [0.1, 0.15) is 0 Å². The highest BCUT2D eigenvalue weighted by Gasteiger charge is 2.31. The fourth-order valence-electron chi connectivity index (χ4n) is 4.49. The maximum Gasteiger partial charge on any atom is 0.258 e. The lowest BCUT2D eigenvalue weighted by Gasteiger charge is -2.21. The molecule has 2 amide bonds. The molecule has 0 N–H and O–H groups in total. The number of hydrogen-bond donors (Lipinski definition) is 0. The van der Waals surface area contributed by atoms with Crippen LogP contribution in [0.2, 0.25) is 0 Å². The summed E-state index contributed by atoms with van der Waals surface area (Å²) < 4.78 is 0. The molecule has 0 bridgehead atoms.